The second kappa shape index (κ2) is 20.2. The van der Waals surface area contributed by atoms with Gasteiger partial charge in [0, 0.05) is 0 Å². The maximum atomic E-state index is 7.50. The minimum atomic E-state index is -0.151. The van der Waals surface area contributed by atoms with Crippen LogP contribution in [0.3, 0.4) is 0 Å². The van der Waals surface area contributed by atoms with Crippen molar-refractivity contribution in [1.29, 1.82) is 0 Å². The largest absolute Gasteiger partial charge is 0.458 e. The predicted molar refractivity (Wildman–Crippen MR) is 394 cm³/mol. The third-order valence-corrected chi connectivity index (χ3v) is 21.6. The second-order valence-corrected chi connectivity index (χ2v) is 34.0. The van der Waals surface area contributed by atoms with Gasteiger partial charge in [0.2, 0.25) is 0 Å². The van der Waals surface area contributed by atoms with Crippen LogP contribution in [-0.4, -0.2) is 13.4 Å². The number of fused-ring (bicyclic) bond motifs is 8. The van der Waals surface area contributed by atoms with Crippen molar-refractivity contribution in [3.05, 3.63) is 165 Å². The fourth-order valence-electron chi connectivity index (χ4n) is 16.3. The molecule has 0 bridgehead atoms. The molecule has 4 aliphatic heterocycles. The first-order chi connectivity index (χ1) is 42.1. The summed E-state index contributed by atoms with van der Waals surface area (Å²) in [5, 5.41) is 8.24. The molecule has 0 saturated heterocycles. The van der Waals surface area contributed by atoms with Crippen LogP contribution >= 0.6 is 0 Å². The molecule has 0 aliphatic carbocycles. The molecule has 0 unspecified atom stereocenters. The van der Waals surface area contributed by atoms with Gasteiger partial charge in [0.05, 0.1) is 0 Å². The molecule has 4 aliphatic rings. The first kappa shape index (κ1) is 60.5. The lowest BCUT2D eigenvalue weighted by molar-refractivity contribution is 0.479. The van der Waals surface area contributed by atoms with E-state index in [1.807, 2.05) is 0 Å². The summed E-state index contributed by atoms with van der Waals surface area (Å²) in [6, 6.07) is 45.6. The highest BCUT2D eigenvalue weighted by atomic mass is 16.5. The lowest BCUT2D eigenvalue weighted by Crippen LogP contribution is -2.58. The zero-order valence-corrected chi connectivity index (χ0v) is 58.8. The highest BCUT2D eigenvalue weighted by Gasteiger charge is 2.46. The summed E-state index contributed by atoms with van der Waals surface area (Å²) in [4.78, 5) is 0. The number of hydrogen-bond acceptors (Lipinski definition) is 2. The Morgan fingerprint density at radius 1 is 0.278 bits per heavy atom. The number of ether oxygens (including phenoxy) is 2. The van der Waals surface area contributed by atoms with E-state index in [0.29, 0.717) is 11.8 Å². The van der Waals surface area contributed by atoms with Crippen LogP contribution in [0.15, 0.2) is 109 Å². The average Bonchev–Trinajstić information content (AvgIpc) is 0.667. The van der Waals surface area contributed by atoms with Gasteiger partial charge in [-0.15, -0.1) is 0 Å². The Labute approximate surface area is 540 Å². The zero-order valence-electron chi connectivity index (χ0n) is 58.8. The van der Waals surface area contributed by atoms with E-state index < -0.39 is 0 Å². The first-order valence-electron chi connectivity index (χ1n) is 34.4. The molecule has 0 saturated carbocycles. The van der Waals surface area contributed by atoms with Crippen molar-refractivity contribution in [2.45, 2.75) is 223 Å². The Hall–Kier alpha value is -7.03. The zero-order chi connectivity index (χ0) is 64.4. The van der Waals surface area contributed by atoms with E-state index in [-0.39, 0.29) is 58.8 Å². The molecule has 90 heavy (non-hydrogen) atoms. The van der Waals surface area contributed by atoms with Gasteiger partial charge in [-0.05, 0) is 248 Å². The fourth-order valence-corrected chi connectivity index (χ4v) is 16.3. The van der Waals surface area contributed by atoms with Crippen LogP contribution in [0.5, 0.6) is 23.0 Å². The van der Waals surface area contributed by atoms with Crippen LogP contribution in [0.25, 0.3) is 76.8 Å². The lowest BCUT2D eigenvalue weighted by atomic mass is 9.31. The molecule has 2 nitrogen and oxygen atoms in total. The fraction of sp³-hybridized carbons (Fsp3) is 0.395. The Morgan fingerprint density at radius 2 is 0.589 bits per heavy atom. The van der Waals surface area contributed by atoms with Crippen LogP contribution in [-0.2, 0) is 21.7 Å². The topological polar surface area (TPSA) is 18.5 Å². The summed E-state index contributed by atoms with van der Waals surface area (Å²) >= 11 is 0. The molecular weight excluding hydrogens is 1090 g/mol. The molecule has 0 spiro atoms. The van der Waals surface area contributed by atoms with Crippen molar-refractivity contribution in [1.82, 2.24) is 0 Å². The van der Waals surface area contributed by atoms with Crippen LogP contribution in [0, 0.1) is 0 Å². The highest BCUT2D eigenvalue weighted by Crippen LogP contribution is 2.55. The highest BCUT2D eigenvalue weighted by molar-refractivity contribution is 7.01. The molecule has 10 aromatic rings. The van der Waals surface area contributed by atoms with E-state index in [1.165, 1.54) is 165 Å². The summed E-state index contributed by atoms with van der Waals surface area (Å²) < 4.78 is 15.0. The summed E-state index contributed by atoms with van der Waals surface area (Å²) in [5.74, 6) is 5.76. The van der Waals surface area contributed by atoms with Crippen molar-refractivity contribution in [2.24, 2.45) is 0 Å². The van der Waals surface area contributed by atoms with Gasteiger partial charge in [-0.3, -0.25) is 0 Å². The van der Waals surface area contributed by atoms with Crippen LogP contribution in [0.4, 0.5) is 0 Å². The van der Waals surface area contributed by atoms with Gasteiger partial charge in [-0.1, -0.05) is 250 Å². The molecule has 4 heteroatoms. The van der Waals surface area contributed by atoms with Gasteiger partial charge in [0.15, 0.2) is 0 Å². The summed E-state index contributed by atoms with van der Waals surface area (Å²) in [7, 11) is 0. The van der Waals surface area contributed by atoms with Crippen molar-refractivity contribution in [2.75, 3.05) is 0 Å². The van der Waals surface area contributed by atoms with E-state index in [9.17, 15) is 0 Å². The monoisotopic (exact) mass is 1180 g/mol. The smallest absolute Gasteiger partial charge is 0.252 e. The Morgan fingerprint density at radius 3 is 0.878 bits per heavy atom. The van der Waals surface area contributed by atoms with Crippen molar-refractivity contribution in [3.63, 3.8) is 0 Å². The Kier molecular flexibility index (Phi) is 13.6. The molecule has 0 atom stereocenters. The molecule has 0 fully saturated rings. The first-order valence-corrected chi connectivity index (χ1v) is 34.4. The van der Waals surface area contributed by atoms with E-state index in [1.54, 1.807) is 0 Å². The molecule has 0 radical (unpaired) electrons. The lowest BCUT2D eigenvalue weighted by Gasteiger charge is -2.39. The summed E-state index contributed by atoms with van der Waals surface area (Å²) in [6.07, 6.45) is 0. The SMILES string of the molecule is CC(C)c1cc(C(C)C)c(-c2cc3c4c(cc5c(-c6c(C(C)C)cc(C(C)C)cc6C(C)C)cc6c7c(cc2c4c57)B2c4ccc(C(C)(C)C)cc4Oc4cc(C(C)(C)C)cc-6c42)B2c4ccc(C(C)(C)C)cc4Oc4cc(C(C)(C)C)cc-3c42)c(C(C)C)c1. The van der Waals surface area contributed by atoms with Crippen molar-refractivity contribution < 1.29 is 9.47 Å². The molecular formula is C86H96B2O2. The van der Waals surface area contributed by atoms with Gasteiger partial charge < -0.3 is 9.47 Å². The molecule has 0 aromatic heterocycles. The third kappa shape index (κ3) is 9.07. The quantitative estimate of drug-likeness (QED) is 0.112. The maximum Gasteiger partial charge on any atom is 0.252 e. The van der Waals surface area contributed by atoms with E-state index in [2.05, 4.69) is 275 Å². The molecule has 0 N–H and O–H groups in total. The predicted octanol–water partition coefficient (Wildman–Crippen LogP) is 21.1. The van der Waals surface area contributed by atoms with E-state index in [4.69, 9.17) is 9.47 Å². The third-order valence-electron chi connectivity index (χ3n) is 21.6. The average molecular weight is 1180 g/mol. The van der Waals surface area contributed by atoms with Crippen molar-refractivity contribution >= 4 is 78.5 Å². The summed E-state index contributed by atoms with van der Waals surface area (Å²) in [5.41, 5.74) is 31.8. The Bertz CT molecular complexity index is 4340. The number of rotatable bonds is 8. The van der Waals surface area contributed by atoms with Gasteiger partial charge in [-0.2, -0.15) is 0 Å². The minimum absolute atomic E-state index is 0.0654. The molecule has 458 valence electrons. The standard InChI is InChI=1S/C86H96B2O2/c1-43(2)49-29-55(45(5)6)75(56(30-49)46(7)8)59-39-61-65-33-53(85(19,20)21)37-73-81(65)88(68-28-26-52(84(16,17)18)36-72(68)89-73)70-42-64-60(76-57(47(9)10)31-50(44(3)4)32-58(76)48(11)12)40-62-66-34-54(86(22,23)24)38-74-82(66)87(67-27-25-51(83(13,14)15)35-71(67)90-74)69-41-63(59)79(77(61)70)80(64)78(62)69/h25-48H,1-24H3. The molecule has 14 rings (SSSR count). The molecule has 10 aromatic carbocycles. The minimum Gasteiger partial charge on any atom is -0.458 e. The van der Waals surface area contributed by atoms with Gasteiger partial charge >= 0.3 is 0 Å². The van der Waals surface area contributed by atoms with E-state index >= 15 is 0 Å². The van der Waals surface area contributed by atoms with Gasteiger partial charge in [0.25, 0.3) is 13.4 Å². The van der Waals surface area contributed by atoms with Crippen LogP contribution in [0.2, 0.25) is 0 Å². The van der Waals surface area contributed by atoms with Crippen LogP contribution in [0.1, 0.15) is 257 Å². The number of benzene rings is 10. The molecule has 0 amide bonds. The van der Waals surface area contributed by atoms with Crippen molar-refractivity contribution in [3.8, 4) is 67.5 Å². The van der Waals surface area contributed by atoms with Gasteiger partial charge in [0.1, 0.15) is 23.0 Å². The number of hydrogen-bond donors (Lipinski definition) is 0. The molecule has 4 heterocycles. The normalized spacial score (nSPS) is 14.3. The summed E-state index contributed by atoms with van der Waals surface area (Å²) in [6.45, 7) is 57.0. The van der Waals surface area contributed by atoms with E-state index in [0.717, 1.165) is 23.0 Å². The second-order valence-electron chi connectivity index (χ2n) is 34.0. The maximum absolute atomic E-state index is 7.50. The van der Waals surface area contributed by atoms with Gasteiger partial charge in [-0.25, -0.2) is 0 Å². The Balaban J connectivity index is 1.29. The van der Waals surface area contributed by atoms with Crippen LogP contribution < -0.4 is 42.3 Å².